The van der Waals surface area contributed by atoms with E-state index in [1.54, 1.807) is 0 Å². The van der Waals surface area contributed by atoms with Crippen LogP contribution in [0, 0.1) is 0 Å². The molecule has 3 rings (SSSR count). The molecule has 0 aromatic heterocycles. The number of nitrogens with zero attached hydrogens (tertiary/aromatic N) is 2. The van der Waals surface area contributed by atoms with Crippen LogP contribution >= 0.6 is 24.0 Å². The average Bonchev–Trinajstić information content (AvgIpc) is 2.78. The Hall–Kier alpha value is -1.55. The molecule has 0 atom stereocenters. The number of hydrogen-bond donors (Lipinski definition) is 4. The number of piperidine rings is 1. The highest BCUT2D eigenvalue weighted by atomic mass is 127. The van der Waals surface area contributed by atoms with E-state index in [-0.39, 0.29) is 29.9 Å². The summed E-state index contributed by atoms with van der Waals surface area (Å²) in [7, 11) is 0. The van der Waals surface area contributed by atoms with E-state index in [1.165, 1.54) is 24.0 Å². The lowest BCUT2D eigenvalue weighted by atomic mass is 9.88. The average molecular weight is 558 g/mol. The van der Waals surface area contributed by atoms with Gasteiger partial charge in [0, 0.05) is 37.8 Å². The number of aryl methyl sites for hydroxylation is 1. The number of fused-ring (bicyclic) bond motifs is 1. The van der Waals surface area contributed by atoms with E-state index in [4.69, 9.17) is 4.99 Å². The van der Waals surface area contributed by atoms with Crippen LogP contribution in [0.15, 0.2) is 17.1 Å². The van der Waals surface area contributed by atoms with Crippen molar-refractivity contribution in [2.45, 2.75) is 71.4 Å². The zero-order valence-corrected chi connectivity index (χ0v) is 21.9. The molecule has 1 fully saturated rings. The van der Waals surface area contributed by atoms with E-state index in [2.05, 4.69) is 40.8 Å². The number of amides is 1. The Balaban J connectivity index is 0.00000363. The van der Waals surface area contributed by atoms with Gasteiger partial charge < -0.3 is 21.1 Å². The zero-order chi connectivity index (χ0) is 22.1. The van der Waals surface area contributed by atoms with Crippen LogP contribution in [-0.2, 0) is 24.2 Å². The SMILES string of the molecule is CCCNC(=O)CN1CCC(NC(=NCc2c(O)ccc3c2CCCC3)NCC)CC1.I. The van der Waals surface area contributed by atoms with Crippen molar-refractivity contribution in [3.05, 3.63) is 28.8 Å². The van der Waals surface area contributed by atoms with Gasteiger partial charge in [-0.2, -0.15) is 0 Å². The number of hydrogen-bond acceptors (Lipinski definition) is 4. The molecular weight excluding hydrogens is 517 g/mol. The summed E-state index contributed by atoms with van der Waals surface area (Å²) in [5.41, 5.74) is 3.63. The number of halogens is 1. The maximum atomic E-state index is 11.9. The number of carbonyl (C=O) groups is 1. The molecule has 1 aliphatic carbocycles. The molecule has 1 aliphatic heterocycles. The van der Waals surface area contributed by atoms with Gasteiger partial charge in [0.2, 0.25) is 5.91 Å². The van der Waals surface area contributed by atoms with E-state index in [0.29, 0.717) is 24.9 Å². The van der Waals surface area contributed by atoms with Crippen molar-refractivity contribution in [1.82, 2.24) is 20.9 Å². The predicted octanol–water partition coefficient (Wildman–Crippen LogP) is 2.93. The lowest BCUT2D eigenvalue weighted by Gasteiger charge is -2.32. The first-order valence-electron chi connectivity index (χ1n) is 12.0. The molecule has 1 saturated heterocycles. The summed E-state index contributed by atoms with van der Waals surface area (Å²) in [6.07, 6.45) is 7.47. The van der Waals surface area contributed by atoms with Gasteiger partial charge >= 0.3 is 0 Å². The van der Waals surface area contributed by atoms with Crippen LogP contribution in [0.2, 0.25) is 0 Å². The number of aliphatic imine (C=N–C) groups is 1. The topological polar surface area (TPSA) is 89.0 Å². The van der Waals surface area contributed by atoms with Crippen molar-refractivity contribution in [3.63, 3.8) is 0 Å². The van der Waals surface area contributed by atoms with Gasteiger partial charge in [-0.1, -0.05) is 13.0 Å². The van der Waals surface area contributed by atoms with E-state index in [0.717, 1.165) is 69.8 Å². The summed E-state index contributed by atoms with van der Waals surface area (Å²) in [4.78, 5) is 19.0. The van der Waals surface area contributed by atoms with E-state index in [1.807, 2.05) is 6.07 Å². The minimum Gasteiger partial charge on any atom is -0.508 e. The molecule has 2 aliphatic rings. The lowest BCUT2D eigenvalue weighted by Crippen LogP contribution is -2.50. The highest BCUT2D eigenvalue weighted by Gasteiger charge is 2.22. The summed E-state index contributed by atoms with van der Waals surface area (Å²) in [5, 5.41) is 20.3. The monoisotopic (exact) mass is 557 g/mol. The van der Waals surface area contributed by atoms with Crippen LogP contribution < -0.4 is 16.0 Å². The van der Waals surface area contributed by atoms with Gasteiger partial charge in [0.15, 0.2) is 5.96 Å². The molecule has 0 unspecified atom stereocenters. The number of aromatic hydroxyl groups is 1. The van der Waals surface area contributed by atoms with Gasteiger partial charge in [-0.3, -0.25) is 9.69 Å². The molecule has 32 heavy (non-hydrogen) atoms. The summed E-state index contributed by atoms with van der Waals surface area (Å²) in [5.74, 6) is 1.28. The second-order valence-electron chi connectivity index (χ2n) is 8.65. The maximum Gasteiger partial charge on any atom is 0.234 e. The molecular formula is C24H40IN5O2. The first kappa shape index (κ1) is 26.7. The van der Waals surface area contributed by atoms with Crippen LogP contribution in [0.25, 0.3) is 0 Å². The fourth-order valence-corrected chi connectivity index (χ4v) is 4.50. The third kappa shape index (κ3) is 7.79. The van der Waals surface area contributed by atoms with Gasteiger partial charge in [-0.25, -0.2) is 4.99 Å². The second kappa shape index (κ2) is 13.9. The normalized spacial score (nSPS) is 17.2. The van der Waals surface area contributed by atoms with Crippen molar-refractivity contribution in [2.24, 2.45) is 4.99 Å². The van der Waals surface area contributed by atoms with Crippen molar-refractivity contribution in [2.75, 3.05) is 32.7 Å². The highest BCUT2D eigenvalue weighted by molar-refractivity contribution is 14.0. The Morgan fingerprint density at radius 1 is 1.16 bits per heavy atom. The molecule has 0 bridgehead atoms. The Bertz CT molecular complexity index is 763. The van der Waals surface area contributed by atoms with Gasteiger partial charge in [0.05, 0.1) is 13.1 Å². The molecule has 1 aromatic carbocycles. The standard InChI is InChI=1S/C24H39N5O2.HI/c1-3-13-26-23(31)17-29-14-11-19(12-15-29)28-24(25-4-2)27-16-21-20-8-6-5-7-18(20)9-10-22(21)30;/h9-10,19,30H,3-8,11-17H2,1-2H3,(H,26,31)(H2,25,27,28);1H. The summed E-state index contributed by atoms with van der Waals surface area (Å²) >= 11 is 0. The van der Waals surface area contributed by atoms with Gasteiger partial charge in [-0.05, 0) is 69.1 Å². The highest BCUT2D eigenvalue weighted by Crippen LogP contribution is 2.31. The number of likely N-dealkylation sites (tertiary alicyclic amines) is 1. The molecule has 1 aromatic rings. The van der Waals surface area contributed by atoms with E-state index in [9.17, 15) is 9.90 Å². The van der Waals surface area contributed by atoms with E-state index >= 15 is 0 Å². The fourth-order valence-electron chi connectivity index (χ4n) is 4.50. The molecule has 4 N–H and O–H groups in total. The first-order chi connectivity index (χ1) is 15.1. The number of guanidine groups is 1. The summed E-state index contributed by atoms with van der Waals surface area (Å²) < 4.78 is 0. The smallest absolute Gasteiger partial charge is 0.234 e. The quantitative estimate of drug-likeness (QED) is 0.224. The lowest BCUT2D eigenvalue weighted by molar-refractivity contribution is -0.122. The maximum absolute atomic E-state index is 11.9. The van der Waals surface area contributed by atoms with E-state index < -0.39 is 0 Å². The molecule has 0 saturated carbocycles. The van der Waals surface area contributed by atoms with Crippen molar-refractivity contribution in [1.29, 1.82) is 0 Å². The minimum atomic E-state index is 0. The van der Waals surface area contributed by atoms with Gasteiger partial charge in [0.1, 0.15) is 5.75 Å². The number of nitrogens with one attached hydrogen (secondary N) is 3. The number of rotatable bonds is 8. The van der Waals surface area contributed by atoms with Crippen molar-refractivity contribution in [3.8, 4) is 5.75 Å². The minimum absolute atomic E-state index is 0. The first-order valence-corrected chi connectivity index (χ1v) is 12.0. The molecule has 1 heterocycles. The Labute approximate surface area is 209 Å². The zero-order valence-electron chi connectivity index (χ0n) is 19.6. The van der Waals surface area contributed by atoms with Crippen LogP contribution in [0.5, 0.6) is 5.75 Å². The Morgan fingerprint density at radius 2 is 1.91 bits per heavy atom. The number of carbonyl (C=O) groups excluding carboxylic acids is 1. The molecule has 7 nitrogen and oxygen atoms in total. The van der Waals surface area contributed by atoms with Crippen molar-refractivity contribution >= 4 is 35.8 Å². The predicted molar refractivity (Wildman–Crippen MR) is 141 cm³/mol. The molecule has 0 radical (unpaired) electrons. The Morgan fingerprint density at radius 3 is 2.62 bits per heavy atom. The van der Waals surface area contributed by atoms with Crippen molar-refractivity contribution < 1.29 is 9.90 Å². The van der Waals surface area contributed by atoms with Gasteiger partial charge in [-0.15, -0.1) is 24.0 Å². The summed E-state index contributed by atoms with van der Waals surface area (Å²) in [6, 6.07) is 4.23. The molecule has 0 spiro atoms. The van der Waals surface area contributed by atoms with Crippen LogP contribution in [0.4, 0.5) is 0 Å². The molecule has 1 amide bonds. The van der Waals surface area contributed by atoms with Crippen LogP contribution in [0.1, 0.15) is 62.6 Å². The summed E-state index contributed by atoms with van der Waals surface area (Å²) in [6.45, 7) is 8.46. The second-order valence-corrected chi connectivity index (χ2v) is 8.65. The third-order valence-corrected chi connectivity index (χ3v) is 6.23. The number of benzene rings is 1. The molecule has 8 heteroatoms. The van der Waals surface area contributed by atoms with Crippen LogP contribution in [-0.4, -0.2) is 60.6 Å². The third-order valence-electron chi connectivity index (χ3n) is 6.23. The largest absolute Gasteiger partial charge is 0.508 e. The fraction of sp³-hybridized carbons (Fsp3) is 0.667. The number of phenols is 1. The molecule has 180 valence electrons. The van der Waals surface area contributed by atoms with Crippen LogP contribution in [0.3, 0.4) is 0 Å². The van der Waals surface area contributed by atoms with Gasteiger partial charge in [0.25, 0.3) is 0 Å². The Kier molecular flexibility index (Phi) is 11.6. The number of phenolic OH excluding ortho intramolecular Hbond substituents is 1.